The summed E-state index contributed by atoms with van der Waals surface area (Å²) in [6, 6.07) is 11.2. The van der Waals surface area contributed by atoms with Gasteiger partial charge in [0.05, 0.1) is 29.9 Å². The molecule has 0 saturated carbocycles. The molecule has 2 aromatic carbocycles. The molecule has 1 aromatic heterocycles. The lowest BCUT2D eigenvalue weighted by atomic mass is 10.2. The first-order chi connectivity index (χ1) is 14.9. The fourth-order valence-electron chi connectivity index (χ4n) is 2.71. The topological polar surface area (TPSA) is 104 Å². The van der Waals surface area contributed by atoms with Crippen LogP contribution in [0.2, 0.25) is 0 Å². The molecule has 0 aliphatic rings. The van der Waals surface area contributed by atoms with Crippen molar-refractivity contribution in [2.45, 2.75) is 18.4 Å². The van der Waals surface area contributed by atoms with E-state index in [4.69, 9.17) is 14.2 Å². The molecule has 1 heterocycles. The van der Waals surface area contributed by atoms with Gasteiger partial charge in [-0.3, -0.25) is 0 Å². The summed E-state index contributed by atoms with van der Waals surface area (Å²) in [4.78, 5) is 16.8. The van der Waals surface area contributed by atoms with Crippen LogP contribution in [0.5, 0.6) is 11.5 Å². The molecule has 1 N–H and O–H groups in total. The molecular formula is C21H22N2O6S2. The molecule has 0 aliphatic carbocycles. The quantitative estimate of drug-likeness (QED) is 0.486. The van der Waals surface area contributed by atoms with E-state index >= 15 is 0 Å². The second-order valence-electron chi connectivity index (χ2n) is 6.25. The van der Waals surface area contributed by atoms with E-state index in [2.05, 4.69) is 9.71 Å². The number of carbonyl (C=O) groups excluding carboxylic acids is 1. The number of aromatic nitrogens is 1. The third-order valence-corrected chi connectivity index (χ3v) is 6.61. The number of thiazole rings is 1. The van der Waals surface area contributed by atoms with Crippen LogP contribution in [0.25, 0.3) is 10.6 Å². The first-order valence-electron chi connectivity index (χ1n) is 9.34. The van der Waals surface area contributed by atoms with Crippen molar-refractivity contribution >= 4 is 27.3 Å². The number of nitrogens with one attached hydrogen (secondary N) is 1. The summed E-state index contributed by atoms with van der Waals surface area (Å²) in [5.74, 6) is 0.631. The molecule has 0 atom stereocenters. The lowest BCUT2D eigenvalue weighted by molar-refractivity contribution is 0.0468. The first-order valence-corrected chi connectivity index (χ1v) is 11.7. The molecule has 0 fully saturated rings. The Hall–Kier alpha value is -2.95. The van der Waals surface area contributed by atoms with E-state index < -0.39 is 16.0 Å². The number of hydrogen-bond acceptors (Lipinski definition) is 8. The summed E-state index contributed by atoms with van der Waals surface area (Å²) in [7, 11) is -0.769. The highest BCUT2D eigenvalue weighted by atomic mass is 32.2. The van der Waals surface area contributed by atoms with Crippen LogP contribution in [-0.2, 0) is 21.4 Å². The molecule has 3 aromatic rings. The van der Waals surface area contributed by atoms with Crippen LogP contribution in [0, 0.1) is 0 Å². The maximum Gasteiger partial charge on any atom is 0.338 e. The molecule has 10 heteroatoms. The van der Waals surface area contributed by atoms with Gasteiger partial charge in [0.15, 0.2) is 11.5 Å². The van der Waals surface area contributed by atoms with Gasteiger partial charge in [-0.15, -0.1) is 11.3 Å². The smallest absolute Gasteiger partial charge is 0.338 e. The van der Waals surface area contributed by atoms with Crippen LogP contribution in [-0.4, -0.2) is 40.1 Å². The van der Waals surface area contributed by atoms with Crippen molar-refractivity contribution < 1.29 is 27.4 Å². The third kappa shape index (κ3) is 5.40. The minimum absolute atomic E-state index is 0.00941. The maximum absolute atomic E-state index is 12.4. The molecule has 8 nitrogen and oxygen atoms in total. The van der Waals surface area contributed by atoms with E-state index in [1.807, 2.05) is 25.1 Å². The van der Waals surface area contributed by atoms with Gasteiger partial charge in [0.1, 0.15) is 11.6 Å². The Bertz CT molecular complexity index is 1170. The lowest BCUT2D eigenvalue weighted by Gasteiger charge is -2.10. The fraction of sp³-hybridized carbons (Fsp3) is 0.238. The van der Waals surface area contributed by atoms with Crippen LogP contribution in [0.4, 0.5) is 0 Å². The monoisotopic (exact) mass is 462 g/mol. The molecule has 0 aliphatic heterocycles. The highest BCUT2D eigenvalue weighted by Gasteiger charge is 2.16. The van der Waals surface area contributed by atoms with Gasteiger partial charge in [0.2, 0.25) is 10.0 Å². The van der Waals surface area contributed by atoms with Gasteiger partial charge >= 0.3 is 5.97 Å². The van der Waals surface area contributed by atoms with Crippen molar-refractivity contribution in [3.63, 3.8) is 0 Å². The summed E-state index contributed by atoms with van der Waals surface area (Å²) in [6.07, 6.45) is 0. The van der Waals surface area contributed by atoms with Gasteiger partial charge in [0, 0.05) is 10.9 Å². The second kappa shape index (κ2) is 9.90. The second-order valence-corrected chi connectivity index (χ2v) is 9.00. The zero-order valence-electron chi connectivity index (χ0n) is 17.2. The van der Waals surface area contributed by atoms with Gasteiger partial charge in [-0.25, -0.2) is 22.9 Å². The zero-order valence-corrected chi connectivity index (χ0v) is 18.9. The summed E-state index contributed by atoms with van der Waals surface area (Å²) in [5, 5.41) is 2.54. The van der Waals surface area contributed by atoms with Gasteiger partial charge in [-0.2, -0.15) is 0 Å². The molecule has 0 spiro atoms. The molecule has 0 unspecified atom stereocenters. The van der Waals surface area contributed by atoms with E-state index in [0.29, 0.717) is 23.8 Å². The zero-order chi connectivity index (χ0) is 22.4. The Labute approximate surface area is 184 Å². The SMILES string of the molecule is CCOc1ccc(-c2nc(COC(=O)c3cccc(S(=O)(=O)NC)c3)cs2)cc1OC. The Kier molecular flexibility index (Phi) is 7.26. The number of rotatable bonds is 9. The van der Waals surface area contributed by atoms with Crippen molar-refractivity contribution in [1.82, 2.24) is 9.71 Å². The Balaban J connectivity index is 1.70. The number of benzene rings is 2. The largest absolute Gasteiger partial charge is 0.493 e. The van der Waals surface area contributed by atoms with Crippen molar-refractivity contribution in [1.29, 1.82) is 0 Å². The molecule has 0 saturated heterocycles. The number of hydrogen-bond donors (Lipinski definition) is 1. The summed E-state index contributed by atoms with van der Waals surface area (Å²) >= 11 is 1.41. The van der Waals surface area contributed by atoms with Crippen molar-refractivity contribution in [2.75, 3.05) is 20.8 Å². The fourth-order valence-corrected chi connectivity index (χ4v) is 4.29. The van der Waals surface area contributed by atoms with E-state index in [-0.39, 0.29) is 17.1 Å². The Morgan fingerprint density at radius 1 is 1.16 bits per heavy atom. The molecule has 0 radical (unpaired) electrons. The van der Waals surface area contributed by atoms with E-state index in [9.17, 15) is 13.2 Å². The van der Waals surface area contributed by atoms with Crippen LogP contribution >= 0.6 is 11.3 Å². The van der Waals surface area contributed by atoms with Gasteiger partial charge in [0.25, 0.3) is 0 Å². The Morgan fingerprint density at radius 2 is 1.97 bits per heavy atom. The number of ether oxygens (including phenoxy) is 3. The summed E-state index contributed by atoms with van der Waals surface area (Å²) in [5.41, 5.74) is 1.58. The maximum atomic E-state index is 12.4. The highest BCUT2D eigenvalue weighted by molar-refractivity contribution is 7.89. The van der Waals surface area contributed by atoms with Crippen LogP contribution in [0.15, 0.2) is 52.7 Å². The number of nitrogens with zero attached hydrogens (tertiary/aromatic N) is 1. The number of sulfonamides is 1. The number of carbonyl (C=O) groups is 1. The van der Waals surface area contributed by atoms with Gasteiger partial charge in [-0.05, 0) is 50.4 Å². The minimum atomic E-state index is -3.65. The van der Waals surface area contributed by atoms with Crippen LogP contribution in [0.1, 0.15) is 23.0 Å². The predicted octanol–water partition coefficient (Wildman–Crippen LogP) is 3.48. The summed E-state index contributed by atoms with van der Waals surface area (Å²) < 4.78 is 42.2. The van der Waals surface area contributed by atoms with E-state index in [0.717, 1.165) is 10.6 Å². The number of methoxy groups -OCH3 is 1. The minimum Gasteiger partial charge on any atom is -0.493 e. The molecule has 3 rings (SSSR count). The molecule has 164 valence electrons. The average molecular weight is 463 g/mol. The van der Waals surface area contributed by atoms with Crippen molar-refractivity contribution in [3.05, 3.63) is 59.1 Å². The third-order valence-electron chi connectivity index (χ3n) is 4.26. The lowest BCUT2D eigenvalue weighted by Crippen LogP contribution is -2.19. The summed E-state index contributed by atoms with van der Waals surface area (Å²) in [6.45, 7) is 2.40. The molecule has 0 bridgehead atoms. The normalized spacial score (nSPS) is 11.2. The average Bonchev–Trinajstić information content (AvgIpc) is 3.27. The van der Waals surface area contributed by atoms with Gasteiger partial charge < -0.3 is 14.2 Å². The van der Waals surface area contributed by atoms with E-state index in [1.165, 1.54) is 42.6 Å². The van der Waals surface area contributed by atoms with Gasteiger partial charge in [-0.1, -0.05) is 6.07 Å². The standard InChI is InChI=1S/C21H22N2O6S2/c1-4-28-18-9-8-14(11-19(18)27-3)20-23-16(13-30-20)12-29-21(24)15-6-5-7-17(10-15)31(25,26)22-2/h5-11,13,22H,4,12H2,1-3H3. The van der Waals surface area contributed by atoms with Crippen molar-refractivity contribution in [3.8, 4) is 22.1 Å². The molecule has 0 amide bonds. The highest BCUT2D eigenvalue weighted by Crippen LogP contribution is 2.33. The van der Waals surface area contributed by atoms with Crippen LogP contribution in [0.3, 0.4) is 0 Å². The van der Waals surface area contributed by atoms with Crippen molar-refractivity contribution in [2.24, 2.45) is 0 Å². The number of esters is 1. The van der Waals surface area contributed by atoms with E-state index in [1.54, 1.807) is 12.5 Å². The molecule has 31 heavy (non-hydrogen) atoms. The predicted molar refractivity (Wildman–Crippen MR) is 117 cm³/mol. The first kappa shape index (κ1) is 22.7. The van der Waals surface area contributed by atoms with Crippen LogP contribution < -0.4 is 14.2 Å². The molecular weight excluding hydrogens is 440 g/mol. The Morgan fingerprint density at radius 3 is 2.68 bits per heavy atom.